The molecule has 0 aliphatic carbocycles. The molecule has 0 spiro atoms. The van der Waals surface area contributed by atoms with Crippen LogP contribution in [0.15, 0.2) is 24.3 Å². The van der Waals surface area contributed by atoms with Gasteiger partial charge in [0, 0.05) is 49.2 Å². The number of likely N-dealkylation sites (N-methyl/N-ethyl adjacent to an activating group) is 1. The van der Waals surface area contributed by atoms with Crippen molar-refractivity contribution < 1.29 is 4.79 Å². The van der Waals surface area contributed by atoms with Crippen molar-refractivity contribution in [2.45, 2.75) is 25.8 Å². The van der Waals surface area contributed by atoms with Crippen molar-refractivity contribution >= 4 is 17.4 Å². The number of carbonyl (C=O) groups excluding carboxylic acids is 1. The number of benzene rings is 1. The smallest absolute Gasteiger partial charge is 0.164 e. The molecule has 1 aliphatic rings. The number of nitrogens with zero attached hydrogens (tertiary/aromatic N) is 2. The minimum atomic E-state index is 0.202. The van der Waals surface area contributed by atoms with Gasteiger partial charge in [-0.25, -0.2) is 0 Å². The summed E-state index contributed by atoms with van der Waals surface area (Å²) in [6.07, 6.45) is 1.75. The molecule has 3 nitrogen and oxygen atoms in total. The molecule has 110 valence electrons. The Morgan fingerprint density at radius 2 is 2.00 bits per heavy atom. The van der Waals surface area contributed by atoms with Gasteiger partial charge in [0.05, 0.1) is 0 Å². The molecule has 0 bridgehead atoms. The Hall–Kier alpha value is -0.900. The summed E-state index contributed by atoms with van der Waals surface area (Å²) in [6.45, 7) is 6.30. The zero-order chi connectivity index (χ0) is 14.5. The number of ketones is 1. The average molecular weight is 295 g/mol. The summed E-state index contributed by atoms with van der Waals surface area (Å²) in [5.41, 5.74) is 0.760. The van der Waals surface area contributed by atoms with Crippen molar-refractivity contribution in [3.05, 3.63) is 34.9 Å². The van der Waals surface area contributed by atoms with Gasteiger partial charge in [0.25, 0.3) is 0 Å². The summed E-state index contributed by atoms with van der Waals surface area (Å²) in [7, 11) is 2.18. The summed E-state index contributed by atoms with van der Waals surface area (Å²) >= 11 is 5.84. The Balaban J connectivity index is 1.83. The van der Waals surface area contributed by atoms with Gasteiger partial charge in [-0.15, -0.1) is 0 Å². The SMILES string of the molecule is CCC1CN(CCC(=O)c2ccc(Cl)cc2)CCN1C. The lowest BCUT2D eigenvalue weighted by atomic mass is 10.1. The second-order valence-corrected chi connectivity index (χ2v) is 5.96. The lowest BCUT2D eigenvalue weighted by molar-refractivity contribution is 0.0824. The van der Waals surface area contributed by atoms with E-state index in [1.807, 2.05) is 12.1 Å². The molecule has 0 amide bonds. The van der Waals surface area contributed by atoms with Crippen LogP contribution in [0.5, 0.6) is 0 Å². The summed E-state index contributed by atoms with van der Waals surface area (Å²) in [6, 6.07) is 7.79. The number of carbonyl (C=O) groups is 1. The van der Waals surface area contributed by atoms with Crippen LogP contribution in [0, 0.1) is 0 Å². The molecule has 0 N–H and O–H groups in total. The fraction of sp³-hybridized carbons (Fsp3) is 0.562. The van der Waals surface area contributed by atoms with Crippen LogP contribution in [0.2, 0.25) is 5.02 Å². The molecule has 4 heteroatoms. The van der Waals surface area contributed by atoms with E-state index < -0.39 is 0 Å². The number of piperazine rings is 1. The summed E-state index contributed by atoms with van der Waals surface area (Å²) in [5.74, 6) is 0.202. The lowest BCUT2D eigenvalue weighted by Gasteiger charge is -2.39. The van der Waals surface area contributed by atoms with Gasteiger partial charge in [0.1, 0.15) is 0 Å². The number of halogens is 1. The van der Waals surface area contributed by atoms with Crippen molar-refractivity contribution in [1.29, 1.82) is 0 Å². The Morgan fingerprint density at radius 1 is 1.30 bits per heavy atom. The maximum atomic E-state index is 12.1. The largest absolute Gasteiger partial charge is 0.301 e. The average Bonchev–Trinajstić information content (AvgIpc) is 2.46. The zero-order valence-electron chi connectivity index (χ0n) is 12.3. The maximum Gasteiger partial charge on any atom is 0.164 e. The standard InChI is InChI=1S/C16H23ClN2O/c1-3-15-12-19(11-10-18(15)2)9-8-16(20)13-4-6-14(17)7-5-13/h4-7,15H,3,8-12H2,1-2H3. The van der Waals surface area contributed by atoms with Crippen LogP contribution in [0.25, 0.3) is 0 Å². The molecule has 1 fully saturated rings. The molecule has 1 atom stereocenters. The molecule has 0 aromatic heterocycles. The molecular formula is C16H23ClN2O. The van der Waals surface area contributed by atoms with E-state index in [1.165, 1.54) is 0 Å². The first-order valence-corrected chi connectivity index (χ1v) is 7.69. The van der Waals surface area contributed by atoms with Crippen LogP contribution in [0.4, 0.5) is 0 Å². The van der Waals surface area contributed by atoms with E-state index in [4.69, 9.17) is 11.6 Å². The van der Waals surface area contributed by atoms with Gasteiger partial charge in [0.15, 0.2) is 5.78 Å². The molecule has 1 aromatic carbocycles. The van der Waals surface area contributed by atoms with Crippen LogP contribution < -0.4 is 0 Å². The Bertz CT molecular complexity index is 446. The van der Waals surface area contributed by atoms with E-state index >= 15 is 0 Å². The molecule has 1 aliphatic heterocycles. The van der Waals surface area contributed by atoms with E-state index in [-0.39, 0.29) is 5.78 Å². The molecule has 1 saturated heterocycles. The van der Waals surface area contributed by atoms with Gasteiger partial charge >= 0.3 is 0 Å². The first kappa shape index (κ1) is 15.5. The quantitative estimate of drug-likeness (QED) is 0.780. The maximum absolute atomic E-state index is 12.1. The number of Topliss-reactive ketones (excluding diaryl/α,β-unsaturated/α-hetero) is 1. The minimum absolute atomic E-state index is 0.202. The van der Waals surface area contributed by atoms with Crippen molar-refractivity contribution in [3.63, 3.8) is 0 Å². The van der Waals surface area contributed by atoms with E-state index in [0.717, 1.165) is 38.2 Å². The molecule has 1 unspecified atom stereocenters. The third-order valence-electron chi connectivity index (χ3n) is 4.15. The number of rotatable bonds is 5. The van der Waals surface area contributed by atoms with Crippen LogP contribution >= 0.6 is 11.6 Å². The number of hydrogen-bond acceptors (Lipinski definition) is 3. The second kappa shape index (κ2) is 7.21. The van der Waals surface area contributed by atoms with Crippen molar-refractivity contribution in [3.8, 4) is 0 Å². The molecule has 0 saturated carbocycles. The van der Waals surface area contributed by atoms with E-state index in [1.54, 1.807) is 12.1 Å². The zero-order valence-corrected chi connectivity index (χ0v) is 13.1. The van der Waals surface area contributed by atoms with E-state index in [0.29, 0.717) is 17.5 Å². The van der Waals surface area contributed by atoms with Crippen LogP contribution in [0.1, 0.15) is 30.1 Å². The fourth-order valence-electron chi connectivity index (χ4n) is 2.69. The highest BCUT2D eigenvalue weighted by Gasteiger charge is 2.22. The molecule has 1 aromatic rings. The second-order valence-electron chi connectivity index (χ2n) is 5.52. The monoisotopic (exact) mass is 294 g/mol. The normalized spacial score (nSPS) is 21.1. The van der Waals surface area contributed by atoms with Gasteiger partial charge in [-0.05, 0) is 37.7 Å². The molecule has 2 rings (SSSR count). The predicted molar refractivity (Wildman–Crippen MR) is 83.5 cm³/mol. The van der Waals surface area contributed by atoms with Crippen LogP contribution in [0.3, 0.4) is 0 Å². The van der Waals surface area contributed by atoms with Gasteiger partial charge in [0.2, 0.25) is 0 Å². The number of hydrogen-bond donors (Lipinski definition) is 0. The Kier molecular flexibility index (Phi) is 5.58. The highest BCUT2D eigenvalue weighted by Crippen LogP contribution is 2.14. The van der Waals surface area contributed by atoms with Crippen LogP contribution in [-0.4, -0.2) is 54.9 Å². The summed E-state index contributed by atoms with van der Waals surface area (Å²) < 4.78 is 0. The molecule has 0 radical (unpaired) electrons. The van der Waals surface area contributed by atoms with E-state index in [2.05, 4.69) is 23.8 Å². The molecule has 20 heavy (non-hydrogen) atoms. The van der Waals surface area contributed by atoms with E-state index in [9.17, 15) is 4.79 Å². The predicted octanol–water partition coefficient (Wildman–Crippen LogP) is 2.94. The fourth-order valence-corrected chi connectivity index (χ4v) is 2.82. The lowest BCUT2D eigenvalue weighted by Crippen LogP contribution is -2.51. The molecular weight excluding hydrogens is 272 g/mol. The topological polar surface area (TPSA) is 23.6 Å². The first-order chi connectivity index (χ1) is 9.60. The van der Waals surface area contributed by atoms with Crippen molar-refractivity contribution in [2.75, 3.05) is 33.2 Å². The first-order valence-electron chi connectivity index (χ1n) is 7.31. The minimum Gasteiger partial charge on any atom is -0.301 e. The Morgan fingerprint density at radius 3 is 2.65 bits per heavy atom. The summed E-state index contributed by atoms with van der Waals surface area (Å²) in [5, 5.41) is 0.673. The highest BCUT2D eigenvalue weighted by molar-refractivity contribution is 6.30. The Labute approximate surface area is 126 Å². The van der Waals surface area contributed by atoms with Gasteiger partial charge in [-0.1, -0.05) is 18.5 Å². The van der Waals surface area contributed by atoms with Crippen molar-refractivity contribution in [2.24, 2.45) is 0 Å². The third-order valence-corrected chi connectivity index (χ3v) is 4.41. The molecule has 1 heterocycles. The van der Waals surface area contributed by atoms with Gasteiger partial charge in [-0.2, -0.15) is 0 Å². The van der Waals surface area contributed by atoms with Crippen LogP contribution in [-0.2, 0) is 0 Å². The highest BCUT2D eigenvalue weighted by atomic mass is 35.5. The van der Waals surface area contributed by atoms with Crippen molar-refractivity contribution in [1.82, 2.24) is 9.80 Å². The van der Waals surface area contributed by atoms with Gasteiger partial charge in [-0.3, -0.25) is 4.79 Å². The summed E-state index contributed by atoms with van der Waals surface area (Å²) in [4.78, 5) is 17.0. The third kappa shape index (κ3) is 4.05. The van der Waals surface area contributed by atoms with Gasteiger partial charge < -0.3 is 9.80 Å².